The van der Waals surface area contributed by atoms with Crippen molar-refractivity contribution in [1.29, 1.82) is 0 Å². The van der Waals surface area contributed by atoms with Crippen molar-refractivity contribution in [2.45, 2.75) is 25.4 Å². The number of rotatable bonds is 6. The molecule has 1 N–H and O–H groups in total. The molecule has 1 fully saturated rings. The summed E-state index contributed by atoms with van der Waals surface area (Å²) in [5.74, 6) is 0.663. The van der Waals surface area contributed by atoms with Crippen LogP contribution < -0.4 is 5.32 Å². The summed E-state index contributed by atoms with van der Waals surface area (Å²) in [6.45, 7) is 2.67. The number of hydrogen-bond acceptors (Lipinski definition) is 4. The number of benzene rings is 1. The van der Waals surface area contributed by atoms with Crippen molar-refractivity contribution in [3.63, 3.8) is 0 Å². The summed E-state index contributed by atoms with van der Waals surface area (Å²) in [6, 6.07) is 11.1. The van der Waals surface area contributed by atoms with Gasteiger partial charge in [-0.3, -0.25) is 0 Å². The van der Waals surface area contributed by atoms with Gasteiger partial charge in [0.05, 0.1) is 0 Å². The highest BCUT2D eigenvalue weighted by atomic mass is 79.9. The van der Waals surface area contributed by atoms with Crippen LogP contribution in [-0.4, -0.2) is 18.2 Å². The van der Waals surface area contributed by atoms with Gasteiger partial charge in [0.15, 0.2) is 3.92 Å². The summed E-state index contributed by atoms with van der Waals surface area (Å²) in [5.41, 5.74) is 1.35. The van der Waals surface area contributed by atoms with E-state index in [4.69, 9.17) is 4.74 Å². The molecule has 0 radical (unpaired) electrons. The van der Waals surface area contributed by atoms with Crippen LogP contribution in [0.25, 0.3) is 0 Å². The Morgan fingerprint density at radius 1 is 1.38 bits per heavy atom. The molecule has 1 aromatic carbocycles. The maximum Gasteiger partial charge on any atom is 0.159 e. The number of ether oxygens (including phenoxy) is 1. The van der Waals surface area contributed by atoms with Crippen LogP contribution in [0.1, 0.15) is 29.3 Å². The van der Waals surface area contributed by atoms with Crippen LogP contribution in [0.4, 0.5) is 0 Å². The third kappa shape index (κ3) is 4.36. The van der Waals surface area contributed by atoms with Crippen molar-refractivity contribution in [3.8, 4) is 0 Å². The molecule has 5 heteroatoms. The lowest BCUT2D eigenvalue weighted by molar-refractivity contribution is 0.181. The molecule has 1 aromatic heterocycles. The predicted octanol–water partition coefficient (Wildman–Crippen LogP) is 4.16. The molecule has 21 heavy (non-hydrogen) atoms. The van der Waals surface area contributed by atoms with Gasteiger partial charge < -0.3 is 10.1 Å². The van der Waals surface area contributed by atoms with E-state index in [-0.39, 0.29) is 0 Å². The molecule has 112 valence electrons. The Bertz CT molecular complexity index is 554. The second-order valence-electron chi connectivity index (χ2n) is 5.39. The highest BCUT2D eigenvalue weighted by molar-refractivity contribution is 9.11. The van der Waals surface area contributed by atoms with E-state index in [0.717, 1.165) is 30.1 Å². The summed E-state index contributed by atoms with van der Waals surface area (Å²) in [4.78, 5) is 5.50. The van der Waals surface area contributed by atoms with Gasteiger partial charge in [0.1, 0.15) is 0 Å². The van der Waals surface area contributed by atoms with Crippen molar-refractivity contribution in [1.82, 2.24) is 10.3 Å². The van der Waals surface area contributed by atoms with Gasteiger partial charge in [0.2, 0.25) is 0 Å². The molecule has 0 amide bonds. The van der Waals surface area contributed by atoms with Gasteiger partial charge in [0.25, 0.3) is 0 Å². The molecule has 2 atom stereocenters. The van der Waals surface area contributed by atoms with E-state index in [1.165, 1.54) is 16.9 Å². The SMILES string of the molecule is Brc1ncc(CNC(CC2CCOC2)c2ccccc2)s1. The first kappa shape index (κ1) is 15.2. The van der Waals surface area contributed by atoms with E-state index in [1.807, 2.05) is 6.20 Å². The van der Waals surface area contributed by atoms with Gasteiger partial charge >= 0.3 is 0 Å². The Morgan fingerprint density at radius 3 is 2.90 bits per heavy atom. The van der Waals surface area contributed by atoms with Crippen LogP contribution in [0.15, 0.2) is 40.4 Å². The van der Waals surface area contributed by atoms with E-state index < -0.39 is 0 Å². The van der Waals surface area contributed by atoms with Crippen LogP contribution in [0.3, 0.4) is 0 Å². The van der Waals surface area contributed by atoms with Gasteiger partial charge in [-0.05, 0) is 40.3 Å². The van der Waals surface area contributed by atoms with Gasteiger partial charge in [-0.25, -0.2) is 4.98 Å². The van der Waals surface area contributed by atoms with Crippen LogP contribution in [0, 0.1) is 5.92 Å². The lowest BCUT2D eigenvalue weighted by atomic mass is 9.94. The maximum atomic E-state index is 5.52. The van der Waals surface area contributed by atoms with E-state index in [2.05, 4.69) is 56.6 Å². The van der Waals surface area contributed by atoms with Crippen LogP contribution >= 0.6 is 27.3 Å². The number of halogens is 1. The molecule has 1 aliphatic heterocycles. The monoisotopic (exact) mass is 366 g/mol. The topological polar surface area (TPSA) is 34.2 Å². The van der Waals surface area contributed by atoms with Crippen LogP contribution in [-0.2, 0) is 11.3 Å². The Labute approximate surface area is 137 Å². The molecule has 0 spiro atoms. The molecule has 2 aromatic rings. The average Bonchev–Trinajstić information content (AvgIpc) is 3.16. The molecule has 1 aliphatic rings. The highest BCUT2D eigenvalue weighted by Crippen LogP contribution is 2.27. The molecule has 0 aliphatic carbocycles. The standard InChI is InChI=1S/C16H19BrN2OS/c17-16-19-10-14(21-16)9-18-15(8-12-6-7-20-11-12)13-4-2-1-3-5-13/h1-5,10,12,15,18H,6-9,11H2. The summed E-state index contributed by atoms with van der Waals surface area (Å²) in [7, 11) is 0. The lowest BCUT2D eigenvalue weighted by Crippen LogP contribution is -2.23. The summed E-state index contributed by atoms with van der Waals surface area (Å²) in [6.07, 6.45) is 4.24. The molecule has 0 saturated carbocycles. The largest absolute Gasteiger partial charge is 0.381 e. The Balaban J connectivity index is 1.66. The van der Waals surface area contributed by atoms with Crippen molar-refractivity contribution in [2.75, 3.05) is 13.2 Å². The highest BCUT2D eigenvalue weighted by Gasteiger charge is 2.21. The number of thiazole rings is 1. The van der Waals surface area contributed by atoms with E-state index in [1.54, 1.807) is 11.3 Å². The average molecular weight is 367 g/mol. The minimum Gasteiger partial charge on any atom is -0.381 e. The fraction of sp³-hybridized carbons (Fsp3) is 0.438. The molecule has 2 heterocycles. The maximum absolute atomic E-state index is 5.52. The second kappa shape index (κ2) is 7.49. The molecule has 2 unspecified atom stereocenters. The zero-order valence-corrected chi connectivity index (χ0v) is 14.2. The number of aromatic nitrogens is 1. The van der Waals surface area contributed by atoms with Gasteiger partial charge in [-0.15, -0.1) is 11.3 Å². The first-order valence-corrected chi connectivity index (χ1v) is 8.88. The van der Waals surface area contributed by atoms with Gasteiger partial charge in [-0.2, -0.15) is 0 Å². The number of hydrogen-bond donors (Lipinski definition) is 1. The van der Waals surface area contributed by atoms with Crippen molar-refractivity contribution in [2.24, 2.45) is 5.92 Å². The molecule has 0 bridgehead atoms. The van der Waals surface area contributed by atoms with Crippen molar-refractivity contribution >= 4 is 27.3 Å². The fourth-order valence-corrected chi connectivity index (χ4v) is 4.02. The third-order valence-corrected chi connectivity index (χ3v) is 5.32. The quantitative estimate of drug-likeness (QED) is 0.832. The van der Waals surface area contributed by atoms with Gasteiger partial charge in [0, 0.05) is 36.9 Å². The Hall–Kier alpha value is -0.750. The molecular formula is C16H19BrN2OS. The van der Waals surface area contributed by atoms with Crippen molar-refractivity contribution < 1.29 is 4.74 Å². The molecular weight excluding hydrogens is 348 g/mol. The van der Waals surface area contributed by atoms with E-state index in [9.17, 15) is 0 Å². The first-order chi connectivity index (χ1) is 10.3. The third-order valence-electron chi connectivity index (χ3n) is 3.84. The minimum atomic E-state index is 0.374. The number of nitrogens with one attached hydrogen (secondary N) is 1. The predicted molar refractivity (Wildman–Crippen MR) is 89.4 cm³/mol. The fourth-order valence-electron chi connectivity index (χ4n) is 2.71. The Kier molecular flexibility index (Phi) is 5.41. The molecule has 3 rings (SSSR count). The van der Waals surface area contributed by atoms with Crippen molar-refractivity contribution in [3.05, 3.63) is 50.9 Å². The zero-order valence-electron chi connectivity index (χ0n) is 11.8. The summed E-state index contributed by atoms with van der Waals surface area (Å²) >= 11 is 5.10. The smallest absolute Gasteiger partial charge is 0.159 e. The molecule has 1 saturated heterocycles. The zero-order chi connectivity index (χ0) is 14.5. The summed E-state index contributed by atoms with van der Waals surface area (Å²) < 4.78 is 6.46. The summed E-state index contributed by atoms with van der Waals surface area (Å²) in [5, 5.41) is 3.69. The van der Waals surface area contributed by atoms with E-state index in [0.29, 0.717) is 12.0 Å². The van der Waals surface area contributed by atoms with E-state index >= 15 is 0 Å². The van der Waals surface area contributed by atoms with Crippen LogP contribution in [0.5, 0.6) is 0 Å². The van der Waals surface area contributed by atoms with Gasteiger partial charge in [-0.1, -0.05) is 30.3 Å². The second-order valence-corrected chi connectivity index (χ2v) is 7.78. The molecule has 3 nitrogen and oxygen atoms in total. The minimum absolute atomic E-state index is 0.374. The first-order valence-electron chi connectivity index (χ1n) is 7.27. The lowest BCUT2D eigenvalue weighted by Gasteiger charge is -2.21. The Morgan fingerprint density at radius 2 is 2.24 bits per heavy atom. The van der Waals surface area contributed by atoms with Crippen LogP contribution in [0.2, 0.25) is 0 Å². The normalized spacial score (nSPS) is 19.8. The number of nitrogens with zero attached hydrogens (tertiary/aromatic N) is 1.